The highest BCUT2D eigenvalue weighted by Crippen LogP contribution is 2.28. The molecular formula is C20H21FN4O3. The van der Waals surface area contributed by atoms with Gasteiger partial charge >= 0.3 is 0 Å². The molecule has 0 N–H and O–H groups in total. The molecule has 0 atom stereocenters. The molecule has 7 nitrogen and oxygen atoms in total. The third-order valence-corrected chi connectivity index (χ3v) is 5.04. The van der Waals surface area contributed by atoms with Crippen LogP contribution < -0.4 is 0 Å². The Hall–Kier alpha value is -3.03. The summed E-state index contributed by atoms with van der Waals surface area (Å²) in [5, 5.41) is 7.97. The Kier molecular flexibility index (Phi) is 4.93. The van der Waals surface area contributed by atoms with Gasteiger partial charge in [0.05, 0.1) is 12.1 Å². The Morgan fingerprint density at radius 2 is 1.86 bits per heavy atom. The predicted molar refractivity (Wildman–Crippen MR) is 97.9 cm³/mol. The second-order valence-electron chi connectivity index (χ2n) is 7.02. The monoisotopic (exact) mass is 384 g/mol. The number of carbonyl (C=O) groups excluding carboxylic acids is 1. The van der Waals surface area contributed by atoms with Gasteiger partial charge in [0.2, 0.25) is 23.6 Å². The molecule has 4 rings (SSSR count). The molecule has 1 fully saturated rings. The smallest absolute Gasteiger partial charge is 0.228 e. The van der Waals surface area contributed by atoms with E-state index >= 15 is 0 Å². The van der Waals surface area contributed by atoms with E-state index in [0.717, 1.165) is 12.8 Å². The number of nitrogens with zero attached hydrogens (tertiary/aromatic N) is 4. The van der Waals surface area contributed by atoms with Gasteiger partial charge in [0.15, 0.2) is 0 Å². The van der Waals surface area contributed by atoms with E-state index < -0.39 is 0 Å². The molecule has 146 valence electrons. The number of piperidine rings is 1. The summed E-state index contributed by atoms with van der Waals surface area (Å²) >= 11 is 0. The van der Waals surface area contributed by atoms with Gasteiger partial charge in [-0.25, -0.2) is 9.37 Å². The molecule has 0 spiro atoms. The average molecular weight is 384 g/mol. The number of aryl methyl sites for hydroxylation is 2. The maximum atomic E-state index is 13.1. The molecule has 0 saturated carbocycles. The molecule has 1 amide bonds. The number of hydrogen-bond donors (Lipinski definition) is 0. The van der Waals surface area contributed by atoms with E-state index in [9.17, 15) is 9.18 Å². The van der Waals surface area contributed by atoms with Gasteiger partial charge in [-0.15, -0.1) is 10.2 Å². The van der Waals surface area contributed by atoms with Gasteiger partial charge in [-0.2, -0.15) is 0 Å². The van der Waals surface area contributed by atoms with Crippen LogP contribution in [0.15, 0.2) is 33.1 Å². The molecule has 0 unspecified atom stereocenters. The van der Waals surface area contributed by atoms with Crippen molar-refractivity contribution in [1.29, 1.82) is 0 Å². The van der Waals surface area contributed by atoms with Crippen molar-refractivity contribution < 1.29 is 18.0 Å². The predicted octanol–water partition coefficient (Wildman–Crippen LogP) is 3.43. The second kappa shape index (κ2) is 7.53. The van der Waals surface area contributed by atoms with Crippen LogP contribution in [0.3, 0.4) is 0 Å². The first-order valence-electron chi connectivity index (χ1n) is 9.29. The molecule has 8 heteroatoms. The minimum absolute atomic E-state index is 0.0159. The number of oxazole rings is 1. The lowest BCUT2D eigenvalue weighted by Crippen LogP contribution is -2.39. The maximum Gasteiger partial charge on any atom is 0.228 e. The zero-order valence-electron chi connectivity index (χ0n) is 15.8. The molecule has 3 aromatic rings. The summed E-state index contributed by atoms with van der Waals surface area (Å²) in [5.74, 6) is 2.11. The highest BCUT2D eigenvalue weighted by atomic mass is 19.1. The average Bonchev–Trinajstić information content (AvgIpc) is 3.28. The molecule has 1 aromatic carbocycles. The fraction of sp³-hybridized carbons (Fsp3) is 0.400. The number of rotatable bonds is 4. The number of halogens is 1. The van der Waals surface area contributed by atoms with Crippen LogP contribution >= 0.6 is 0 Å². The number of hydrogen-bond acceptors (Lipinski definition) is 6. The van der Waals surface area contributed by atoms with Crippen molar-refractivity contribution in [2.24, 2.45) is 0 Å². The molecule has 1 saturated heterocycles. The zero-order valence-corrected chi connectivity index (χ0v) is 15.8. The van der Waals surface area contributed by atoms with Crippen molar-refractivity contribution in [3.05, 3.63) is 53.3 Å². The molecule has 0 bridgehead atoms. The van der Waals surface area contributed by atoms with Crippen LogP contribution in [-0.2, 0) is 11.2 Å². The molecule has 3 heterocycles. The highest BCUT2D eigenvalue weighted by molar-refractivity contribution is 5.78. The van der Waals surface area contributed by atoms with Crippen molar-refractivity contribution in [1.82, 2.24) is 20.1 Å². The van der Waals surface area contributed by atoms with Gasteiger partial charge in [0.25, 0.3) is 0 Å². The Morgan fingerprint density at radius 1 is 1.14 bits per heavy atom. The van der Waals surface area contributed by atoms with E-state index in [4.69, 9.17) is 8.83 Å². The van der Waals surface area contributed by atoms with Crippen molar-refractivity contribution in [2.75, 3.05) is 13.1 Å². The maximum absolute atomic E-state index is 13.1. The van der Waals surface area contributed by atoms with E-state index in [1.165, 1.54) is 12.1 Å². The van der Waals surface area contributed by atoms with Gasteiger partial charge in [-0.05, 0) is 44.0 Å². The fourth-order valence-corrected chi connectivity index (χ4v) is 3.42. The van der Waals surface area contributed by atoms with Crippen molar-refractivity contribution >= 4 is 5.91 Å². The van der Waals surface area contributed by atoms with E-state index in [2.05, 4.69) is 15.2 Å². The summed E-state index contributed by atoms with van der Waals surface area (Å²) in [6.07, 6.45) is 1.78. The van der Waals surface area contributed by atoms with Gasteiger partial charge in [-0.1, -0.05) is 0 Å². The molecule has 0 aliphatic carbocycles. The molecule has 0 radical (unpaired) electrons. The van der Waals surface area contributed by atoms with Crippen LogP contribution in [0, 0.1) is 19.7 Å². The number of carbonyl (C=O) groups is 1. The van der Waals surface area contributed by atoms with E-state index in [-0.39, 0.29) is 24.1 Å². The standard InChI is InChI=1S/C20H21FN4O3/c1-12-17(22-19(27-12)14-3-5-16(21)6-4-14)11-18(26)25-9-7-15(8-10-25)20-24-23-13(2)28-20/h3-6,15H,7-11H2,1-2H3. The Bertz CT molecular complexity index is 972. The lowest BCUT2D eigenvalue weighted by Gasteiger charge is -2.30. The third kappa shape index (κ3) is 3.81. The van der Waals surface area contributed by atoms with Crippen LogP contribution in [0.5, 0.6) is 0 Å². The van der Waals surface area contributed by atoms with Crippen LogP contribution in [0.4, 0.5) is 4.39 Å². The van der Waals surface area contributed by atoms with E-state index in [1.54, 1.807) is 26.0 Å². The van der Waals surface area contributed by atoms with Gasteiger partial charge in [0, 0.05) is 31.5 Å². The van der Waals surface area contributed by atoms with Crippen LogP contribution in [0.2, 0.25) is 0 Å². The summed E-state index contributed by atoms with van der Waals surface area (Å²) in [7, 11) is 0. The molecule has 1 aliphatic heterocycles. The lowest BCUT2D eigenvalue weighted by atomic mass is 9.96. The lowest BCUT2D eigenvalue weighted by molar-refractivity contribution is -0.131. The highest BCUT2D eigenvalue weighted by Gasteiger charge is 2.28. The van der Waals surface area contributed by atoms with Gasteiger partial charge < -0.3 is 13.7 Å². The first kappa shape index (κ1) is 18.3. The largest absolute Gasteiger partial charge is 0.441 e. The topological polar surface area (TPSA) is 85.3 Å². The number of benzene rings is 1. The van der Waals surface area contributed by atoms with Gasteiger partial charge in [0.1, 0.15) is 11.6 Å². The van der Waals surface area contributed by atoms with Crippen LogP contribution in [-0.4, -0.2) is 39.1 Å². The first-order chi connectivity index (χ1) is 13.5. The van der Waals surface area contributed by atoms with E-state index in [0.29, 0.717) is 47.8 Å². The zero-order chi connectivity index (χ0) is 19.7. The Balaban J connectivity index is 1.38. The molecular weight excluding hydrogens is 363 g/mol. The Labute approximate surface area is 161 Å². The summed E-state index contributed by atoms with van der Waals surface area (Å²) in [6, 6.07) is 5.93. The number of amides is 1. The first-order valence-corrected chi connectivity index (χ1v) is 9.29. The minimum Gasteiger partial charge on any atom is -0.441 e. The quantitative estimate of drug-likeness (QED) is 0.685. The van der Waals surface area contributed by atoms with Crippen molar-refractivity contribution in [3.63, 3.8) is 0 Å². The van der Waals surface area contributed by atoms with Crippen LogP contribution in [0.25, 0.3) is 11.5 Å². The van der Waals surface area contributed by atoms with E-state index in [1.807, 2.05) is 4.90 Å². The number of aromatic nitrogens is 3. The summed E-state index contributed by atoms with van der Waals surface area (Å²) < 4.78 is 24.3. The third-order valence-electron chi connectivity index (χ3n) is 5.04. The minimum atomic E-state index is -0.318. The second-order valence-corrected chi connectivity index (χ2v) is 7.02. The molecule has 28 heavy (non-hydrogen) atoms. The summed E-state index contributed by atoms with van der Waals surface area (Å²) in [5.41, 5.74) is 1.29. The van der Waals surface area contributed by atoms with Gasteiger partial charge in [-0.3, -0.25) is 4.79 Å². The van der Waals surface area contributed by atoms with Crippen molar-refractivity contribution in [3.8, 4) is 11.5 Å². The van der Waals surface area contributed by atoms with Crippen molar-refractivity contribution in [2.45, 2.75) is 39.0 Å². The SMILES string of the molecule is Cc1nnc(C2CCN(C(=O)Cc3nc(-c4ccc(F)cc4)oc3C)CC2)o1. The Morgan fingerprint density at radius 3 is 2.50 bits per heavy atom. The number of likely N-dealkylation sites (tertiary alicyclic amines) is 1. The van der Waals surface area contributed by atoms with Crippen LogP contribution in [0.1, 0.15) is 42.0 Å². The molecule has 1 aliphatic rings. The summed E-state index contributed by atoms with van der Waals surface area (Å²) in [4.78, 5) is 19.0. The fourth-order valence-electron chi connectivity index (χ4n) is 3.42. The normalized spacial score (nSPS) is 15.2. The summed E-state index contributed by atoms with van der Waals surface area (Å²) in [6.45, 7) is 4.85. The molecule has 2 aromatic heterocycles.